The van der Waals surface area contributed by atoms with Crippen LogP contribution in [0.15, 0.2) is 0 Å². The van der Waals surface area contributed by atoms with Crippen molar-refractivity contribution in [2.45, 2.75) is 26.2 Å². The predicted molar refractivity (Wildman–Crippen MR) is 47.4 cm³/mol. The summed E-state index contributed by atoms with van der Waals surface area (Å²) in [6.07, 6.45) is -0.321. The molecule has 4 nitrogen and oxygen atoms in total. The van der Waals surface area contributed by atoms with Crippen molar-refractivity contribution in [3.63, 3.8) is 0 Å². The molecule has 0 aromatic carbocycles. The zero-order valence-corrected chi connectivity index (χ0v) is 8.23. The van der Waals surface area contributed by atoms with Crippen LogP contribution in [0.4, 0.5) is 0 Å². The van der Waals surface area contributed by atoms with E-state index < -0.39 is 0 Å². The Morgan fingerprint density at radius 1 is 1.31 bits per heavy atom. The zero-order chi connectivity index (χ0) is 9.68. The summed E-state index contributed by atoms with van der Waals surface area (Å²) in [5.41, 5.74) is 0. The van der Waals surface area contributed by atoms with Crippen molar-refractivity contribution in [3.05, 3.63) is 0 Å². The standard InChI is InChI=1S/C9H18O4/c1-3-11-8-6-13-9(12-4-2)7(8)5-10/h7-10H,3-6H2,1-2H3. The van der Waals surface area contributed by atoms with Gasteiger partial charge in [0.15, 0.2) is 6.29 Å². The average molecular weight is 190 g/mol. The summed E-state index contributed by atoms with van der Waals surface area (Å²) in [5, 5.41) is 9.12. The second-order valence-corrected chi connectivity index (χ2v) is 3.00. The molecule has 0 aromatic heterocycles. The van der Waals surface area contributed by atoms with Gasteiger partial charge in [-0.15, -0.1) is 0 Å². The lowest BCUT2D eigenvalue weighted by molar-refractivity contribution is -0.135. The summed E-state index contributed by atoms with van der Waals surface area (Å²) in [7, 11) is 0. The Labute approximate surface area is 78.8 Å². The molecule has 1 N–H and O–H groups in total. The molecular weight excluding hydrogens is 172 g/mol. The second-order valence-electron chi connectivity index (χ2n) is 3.00. The van der Waals surface area contributed by atoms with Gasteiger partial charge in [-0.1, -0.05) is 0 Å². The maximum atomic E-state index is 9.12. The van der Waals surface area contributed by atoms with Crippen LogP contribution in [0, 0.1) is 5.92 Å². The normalized spacial score (nSPS) is 33.9. The van der Waals surface area contributed by atoms with Gasteiger partial charge in [-0.3, -0.25) is 0 Å². The maximum Gasteiger partial charge on any atom is 0.165 e. The number of ether oxygens (including phenoxy) is 3. The molecule has 4 heteroatoms. The van der Waals surface area contributed by atoms with E-state index in [2.05, 4.69) is 0 Å². The monoisotopic (exact) mass is 190 g/mol. The molecule has 1 rings (SSSR count). The summed E-state index contributed by atoms with van der Waals surface area (Å²) in [5.74, 6) is -0.0418. The number of hydrogen-bond donors (Lipinski definition) is 1. The van der Waals surface area contributed by atoms with Gasteiger partial charge < -0.3 is 19.3 Å². The lowest BCUT2D eigenvalue weighted by Crippen LogP contribution is -2.31. The number of aliphatic hydroxyl groups is 1. The Morgan fingerprint density at radius 3 is 2.54 bits per heavy atom. The first-order valence-electron chi connectivity index (χ1n) is 4.79. The van der Waals surface area contributed by atoms with Crippen LogP contribution in [-0.2, 0) is 14.2 Å². The molecule has 0 amide bonds. The van der Waals surface area contributed by atoms with Gasteiger partial charge in [0.25, 0.3) is 0 Å². The number of rotatable bonds is 5. The van der Waals surface area contributed by atoms with Crippen LogP contribution in [0.5, 0.6) is 0 Å². The number of hydrogen-bond acceptors (Lipinski definition) is 4. The Balaban J connectivity index is 2.42. The van der Waals surface area contributed by atoms with E-state index in [0.717, 1.165) is 0 Å². The van der Waals surface area contributed by atoms with Gasteiger partial charge in [0.05, 0.1) is 25.2 Å². The molecule has 3 unspecified atom stereocenters. The highest BCUT2D eigenvalue weighted by Gasteiger charge is 2.37. The fourth-order valence-corrected chi connectivity index (χ4v) is 1.54. The van der Waals surface area contributed by atoms with E-state index in [9.17, 15) is 0 Å². The molecule has 0 bridgehead atoms. The van der Waals surface area contributed by atoms with E-state index in [1.54, 1.807) is 0 Å². The van der Waals surface area contributed by atoms with Gasteiger partial charge in [0.1, 0.15) is 0 Å². The van der Waals surface area contributed by atoms with E-state index >= 15 is 0 Å². The van der Waals surface area contributed by atoms with E-state index in [4.69, 9.17) is 19.3 Å². The molecule has 1 saturated heterocycles. The molecule has 0 saturated carbocycles. The minimum Gasteiger partial charge on any atom is -0.396 e. The van der Waals surface area contributed by atoms with E-state index in [0.29, 0.717) is 19.8 Å². The highest BCUT2D eigenvalue weighted by atomic mass is 16.7. The SMILES string of the molecule is CCOC1COC(OCC)C1CO. The lowest BCUT2D eigenvalue weighted by Gasteiger charge is -2.19. The first-order valence-corrected chi connectivity index (χ1v) is 4.79. The van der Waals surface area contributed by atoms with Gasteiger partial charge in [0, 0.05) is 13.2 Å². The third kappa shape index (κ3) is 2.64. The van der Waals surface area contributed by atoms with Gasteiger partial charge in [-0.25, -0.2) is 0 Å². The molecule has 1 fully saturated rings. The Kier molecular flexibility index (Phi) is 4.66. The summed E-state index contributed by atoms with van der Waals surface area (Å²) in [6, 6.07) is 0. The Bertz CT molecular complexity index is 126. The van der Waals surface area contributed by atoms with Crippen LogP contribution < -0.4 is 0 Å². The van der Waals surface area contributed by atoms with Crippen molar-refractivity contribution in [2.75, 3.05) is 26.4 Å². The molecule has 1 heterocycles. The first kappa shape index (κ1) is 10.9. The van der Waals surface area contributed by atoms with Gasteiger partial charge in [-0.2, -0.15) is 0 Å². The zero-order valence-electron chi connectivity index (χ0n) is 8.23. The van der Waals surface area contributed by atoms with Crippen LogP contribution in [0.25, 0.3) is 0 Å². The Morgan fingerprint density at radius 2 is 2.00 bits per heavy atom. The van der Waals surface area contributed by atoms with Crippen molar-refractivity contribution in [2.24, 2.45) is 5.92 Å². The topological polar surface area (TPSA) is 47.9 Å². The molecule has 3 atom stereocenters. The van der Waals surface area contributed by atoms with Crippen LogP contribution in [0.1, 0.15) is 13.8 Å². The van der Waals surface area contributed by atoms with E-state index in [1.165, 1.54) is 0 Å². The van der Waals surface area contributed by atoms with Crippen molar-refractivity contribution in [3.8, 4) is 0 Å². The summed E-state index contributed by atoms with van der Waals surface area (Å²) in [6.45, 7) is 5.65. The number of aliphatic hydroxyl groups excluding tert-OH is 1. The molecule has 78 valence electrons. The minimum absolute atomic E-state index is 0.0217. The summed E-state index contributed by atoms with van der Waals surface area (Å²) < 4.78 is 16.1. The van der Waals surface area contributed by atoms with Crippen LogP contribution in [0.3, 0.4) is 0 Å². The van der Waals surface area contributed by atoms with Crippen molar-refractivity contribution < 1.29 is 19.3 Å². The van der Waals surface area contributed by atoms with Crippen LogP contribution in [0.2, 0.25) is 0 Å². The van der Waals surface area contributed by atoms with Gasteiger partial charge in [0.2, 0.25) is 0 Å². The van der Waals surface area contributed by atoms with E-state index in [-0.39, 0.29) is 24.9 Å². The minimum atomic E-state index is -0.299. The summed E-state index contributed by atoms with van der Waals surface area (Å²) in [4.78, 5) is 0. The van der Waals surface area contributed by atoms with Crippen molar-refractivity contribution in [1.29, 1.82) is 0 Å². The quantitative estimate of drug-likeness (QED) is 0.681. The molecule has 1 aliphatic rings. The van der Waals surface area contributed by atoms with Gasteiger partial charge >= 0.3 is 0 Å². The smallest absolute Gasteiger partial charge is 0.165 e. The maximum absolute atomic E-state index is 9.12. The third-order valence-corrected chi connectivity index (χ3v) is 2.17. The molecule has 0 aliphatic carbocycles. The molecule has 13 heavy (non-hydrogen) atoms. The Hall–Kier alpha value is -0.160. The lowest BCUT2D eigenvalue weighted by atomic mass is 10.1. The summed E-state index contributed by atoms with van der Waals surface area (Å²) >= 11 is 0. The fraction of sp³-hybridized carbons (Fsp3) is 1.00. The fourth-order valence-electron chi connectivity index (χ4n) is 1.54. The largest absolute Gasteiger partial charge is 0.396 e. The predicted octanol–water partition coefficient (Wildman–Crippen LogP) is 0.393. The van der Waals surface area contributed by atoms with E-state index in [1.807, 2.05) is 13.8 Å². The first-order chi connectivity index (χ1) is 6.33. The highest BCUT2D eigenvalue weighted by molar-refractivity contribution is 4.79. The molecule has 0 spiro atoms. The molecule has 1 aliphatic heterocycles. The second kappa shape index (κ2) is 5.54. The van der Waals surface area contributed by atoms with Crippen molar-refractivity contribution in [1.82, 2.24) is 0 Å². The molecule has 0 aromatic rings. The van der Waals surface area contributed by atoms with Crippen LogP contribution in [-0.4, -0.2) is 43.9 Å². The molecular formula is C9H18O4. The molecule has 0 radical (unpaired) electrons. The van der Waals surface area contributed by atoms with Crippen molar-refractivity contribution >= 4 is 0 Å². The van der Waals surface area contributed by atoms with Crippen LogP contribution >= 0.6 is 0 Å². The van der Waals surface area contributed by atoms with Gasteiger partial charge in [-0.05, 0) is 13.8 Å². The third-order valence-electron chi connectivity index (χ3n) is 2.17. The highest BCUT2D eigenvalue weighted by Crippen LogP contribution is 2.24. The average Bonchev–Trinajstić information content (AvgIpc) is 2.49.